The number of aliphatic carboxylic acids is 1. The van der Waals surface area contributed by atoms with Crippen LogP contribution in [0.15, 0.2) is 48.6 Å². The standard InChI is InChI=1S/C45H81N2O11PS/c1-6-8-10-12-14-16-18-20-21-23-25-27-31-42(41(48)30-29-32-43(49)50)60-38-40(46)45(52)58-39(37-57-59(53,54)56-35-34-47(3,4)5)36-55-44(51)33-28-26-24-22-19-17-15-13-11-9-7-2/h14,16,20-21,23,25,27,31,39-42,48H,6-13,15,17-19,22,24,26,28-30,32-38,46H2,1-5H3,(H-,49,50,53,54)/p+1/b16-14-,21-20-,25-23+,31-27+/t39-,40+,41+,42-/m1/s1. The lowest BCUT2D eigenvalue weighted by Crippen LogP contribution is -2.40. The Morgan fingerprint density at radius 3 is 2.02 bits per heavy atom. The number of unbranched alkanes of at least 4 members (excludes halogenated alkanes) is 13. The van der Waals surface area contributed by atoms with Gasteiger partial charge in [0.25, 0.3) is 0 Å². The number of quaternary nitrogens is 1. The second-order valence-electron chi connectivity index (χ2n) is 16.3. The molecule has 0 heterocycles. The van der Waals surface area contributed by atoms with E-state index in [1.54, 1.807) is 12.2 Å². The van der Waals surface area contributed by atoms with Crippen molar-refractivity contribution in [1.29, 1.82) is 0 Å². The van der Waals surface area contributed by atoms with E-state index in [0.717, 1.165) is 32.1 Å². The van der Waals surface area contributed by atoms with Gasteiger partial charge in [0.15, 0.2) is 6.10 Å². The molecule has 5 N–H and O–H groups in total. The van der Waals surface area contributed by atoms with Crippen LogP contribution in [0.2, 0.25) is 0 Å². The van der Waals surface area contributed by atoms with Gasteiger partial charge in [0, 0.05) is 23.8 Å². The van der Waals surface area contributed by atoms with Crippen LogP contribution in [0.25, 0.3) is 0 Å². The molecule has 0 aliphatic rings. The van der Waals surface area contributed by atoms with E-state index in [1.165, 1.54) is 76.0 Å². The van der Waals surface area contributed by atoms with Gasteiger partial charge in [-0.05, 0) is 38.5 Å². The molecule has 60 heavy (non-hydrogen) atoms. The lowest BCUT2D eigenvalue weighted by atomic mass is 10.1. The maximum absolute atomic E-state index is 13.2. The summed E-state index contributed by atoms with van der Waals surface area (Å²) < 4.78 is 34.3. The number of aliphatic hydroxyl groups excluding tert-OH is 1. The molecule has 0 saturated heterocycles. The number of hydrogen-bond acceptors (Lipinski definition) is 11. The summed E-state index contributed by atoms with van der Waals surface area (Å²) in [6.45, 7) is 3.78. The van der Waals surface area contributed by atoms with E-state index in [4.69, 9.17) is 29.4 Å². The molecule has 0 aliphatic heterocycles. The number of nitrogens with two attached hydrogens (primary N) is 1. The van der Waals surface area contributed by atoms with Gasteiger partial charge >= 0.3 is 25.7 Å². The predicted octanol–water partition coefficient (Wildman–Crippen LogP) is 9.22. The van der Waals surface area contributed by atoms with Crippen molar-refractivity contribution in [3.8, 4) is 0 Å². The summed E-state index contributed by atoms with van der Waals surface area (Å²) in [5, 5.41) is 19.5. The lowest BCUT2D eigenvalue weighted by Gasteiger charge is -2.25. The normalized spacial score (nSPS) is 15.5. The largest absolute Gasteiger partial charge is 0.481 e. The average molecular weight is 890 g/mol. The number of allylic oxidation sites excluding steroid dienone is 7. The van der Waals surface area contributed by atoms with Crippen LogP contribution in [0.3, 0.4) is 0 Å². The fourth-order valence-corrected chi connectivity index (χ4v) is 7.54. The fraction of sp³-hybridized carbons (Fsp3) is 0.756. The van der Waals surface area contributed by atoms with Gasteiger partial charge in [-0.25, -0.2) is 4.57 Å². The summed E-state index contributed by atoms with van der Waals surface area (Å²) in [6, 6.07) is -1.18. The van der Waals surface area contributed by atoms with Crippen LogP contribution in [-0.2, 0) is 37.5 Å². The number of aliphatic hydroxyl groups is 1. The molecule has 0 saturated carbocycles. The number of carbonyl (C=O) groups is 3. The molecule has 15 heteroatoms. The first-order chi connectivity index (χ1) is 28.6. The summed E-state index contributed by atoms with van der Waals surface area (Å²) in [7, 11) is 1.17. The summed E-state index contributed by atoms with van der Waals surface area (Å²) in [5.74, 6) is -2.27. The maximum atomic E-state index is 13.2. The number of thioether (sulfide) groups is 1. The number of likely N-dealkylation sites (N-methyl/N-ethyl adjacent to an activating group) is 1. The highest BCUT2D eigenvalue weighted by Gasteiger charge is 2.29. The maximum Gasteiger partial charge on any atom is 0.472 e. The number of hydrogen-bond donors (Lipinski definition) is 4. The monoisotopic (exact) mass is 890 g/mol. The van der Waals surface area contributed by atoms with E-state index in [9.17, 15) is 28.9 Å². The third kappa shape index (κ3) is 37.5. The SMILES string of the molecule is CCCCC/C=C\C\C=C/C=C/C=C/[C@@H](SC[C@H](N)C(=O)O[C@H](COC(=O)CCCCCCCCCCCCC)COP(=O)(O)OCC[N+](C)(C)C)[C@@H](O)CCCC(=O)O. The van der Waals surface area contributed by atoms with Crippen molar-refractivity contribution in [2.45, 2.75) is 166 Å². The Morgan fingerprint density at radius 2 is 1.38 bits per heavy atom. The zero-order valence-electron chi connectivity index (χ0n) is 37.6. The minimum absolute atomic E-state index is 0.0247. The number of carbonyl (C=O) groups excluding carboxylic acids is 2. The highest BCUT2D eigenvalue weighted by atomic mass is 32.2. The van der Waals surface area contributed by atoms with E-state index in [1.807, 2.05) is 45.4 Å². The van der Waals surface area contributed by atoms with Gasteiger partial charge in [-0.1, -0.05) is 140 Å². The highest BCUT2D eigenvalue weighted by Crippen LogP contribution is 2.43. The molecule has 348 valence electrons. The number of carboxylic acid groups (broad SMARTS) is 1. The van der Waals surface area contributed by atoms with Crippen LogP contribution in [0.5, 0.6) is 0 Å². The van der Waals surface area contributed by atoms with Crippen LogP contribution < -0.4 is 5.73 Å². The molecule has 1 unspecified atom stereocenters. The zero-order valence-corrected chi connectivity index (χ0v) is 39.3. The van der Waals surface area contributed by atoms with Crippen LogP contribution in [0.4, 0.5) is 0 Å². The number of rotatable bonds is 40. The molecule has 0 fully saturated rings. The van der Waals surface area contributed by atoms with Crippen molar-refractivity contribution in [2.24, 2.45) is 5.73 Å². The Bertz CT molecular complexity index is 1290. The van der Waals surface area contributed by atoms with Crippen LogP contribution >= 0.6 is 19.6 Å². The number of ether oxygens (including phenoxy) is 2. The molecule has 5 atom stereocenters. The molecular weight excluding hydrogens is 808 g/mol. The Labute approximate surface area is 366 Å². The minimum atomic E-state index is -4.53. The van der Waals surface area contributed by atoms with Gasteiger partial charge in [-0.2, -0.15) is 0 Å². The number of phosphoric acid groups is 1. The number of phosphoric ester groups is 1. The summed E-state index contributed by atoms with van der Waals surface area (Å²) in [5.41, 5.74) is 6.23. The van der Waals surface area contributed by atoms with Gasteiger partial charge in [-0.15, -0.1) is 11.8 Å². The summed E-state index contributed by atoms with van der Waals surface area (Å²) in [6.07, 6.45) is 32.1. The molecule has 0 aromatic heterocycles. The van der Waals surface area contributed by atoms with Gasteiger partial charge in [0.1, 0.15) is 25.8 Å². The van der Waals surface area contributed by atoms with Crippen LogP contribution in [0, 0.1) is 0 Å². The van der Waals surface area contributed by atoms with Crippen molar-refractivity contribution < 1.29 is 57.1 Å². The molecule has 0 amide bonds. The Hall–Kier alpha value is -2.29. The quantitative estimate of drug-likeness (QED) is 0.0114. The third-order valence-corrected chi connectivity index (χ3v) is 11.8. The smallest absolute Gasteiger partial charge is 0.472 e. The first-order valence-electron chi connectivity index (χ1n) is 22.3. The predicted molar refractivity (Wildman–Crippen MR) is 244 cm³/mol. The molecule has 0 aromatic carbocycles. The number of esters is 2. The molecule has 13 nitrogen and oxygen atoms in total. The van der Waals surface area contributed by atoms with Crippen molar-refractivity contribution in [2.75, 3.05) is 53.3 Å². The molecule has 0 aromatic rings. The second kappa shape index (κ2) is 37.3. The molecular formula is C45H82N2O11PS+. The Morgan fingerprint density at radius 1 is 0.767 bits per heavy atom. The third-order valence-electron chi connectivity index (χ3n) is 9.36. The zero-order chi connectivity index (χ0) is 44.9. The Balaban J connectivity index is 5.36. The van der Waals surface area contributed by atoms with Crippen molar-refractivity contribution in [3.63, 3.8) is 0 Å². The topological polar surface area (TPSA) is 192 Å². The summed E-state index contributed by atoms with van der Waals surface area (Å²) >= 11 is 1.21. The van der Waals surface area contributed by atoms with Gasteiger partial charge < -0.3 is 34.8 Å². The van der Waals surface area contributed by atoms with E-state index in [0.29, 0.717) is 17.4 Å². The van der Waals surface area contributed by atoms with Crippen LogP contribution in [-0.4, -0.2) is 114 Å². The molecule has 0 radical (unpaired) electrons. The molecule has 0 aliphatic carbocycles. The molecule has 0 rings (SSSR count). The van der Waals surface area contributed by atoms with Crippen molar-refractivity contribution in [1.82, 2.24) is 0 Å². The van der Waals surface area contributed by atoms with Crippen molar-refractivity contribution in [3.05, 3.63) is 48.6 Å². The van der Waals surface area contributed by atoms with E-state index < -0.39 is 62.4 Å². The molecule has 0 spiro atoms. The first kappa shape index (κ1) is 57.7. The second-order valence-corrected chi connectivity index (χ2v) is 19.0. The van der Waals surface area contributed by atoms with Gasteiger partial charge in [0.05, 0.1) is 33.9 Å². The fourth-order valence-electron chi connectivity index (χ4n) is 5.67. The minimum Gasteiger partial charge on any atom is -0.481 e. The van der Waals surface area contributed by atoms with E-state index in [2.05, 4.69) is 26.0 Å². The summed E-state index contributed by atoms with van der Waals surface area (Å²) in [4.78, 5) is 47.1. The Kier molecular flexibility index (Phi) is 35.9. The highest BCUT2D eigenvalue weighted by molar-refractivity contribution is 8.00. The molecule has 0 bridgehead atoms. The number of nitrogens with zero attached hydrogens (tertiary/aromatic N) is 1. The van der Waals surface area contributed by atoms with E-state index in [-0.39, 0.29) is 38.0 Å². The van der Waals surface area contributed by atoms with Crippen LogP contribution in [0.1, 0.15) is 142 Å². The lowest BCUT2D eigenvalue weighted by molar-refractivity contribution is -0.870. The van der Waals surface area contributed by atoms with Gasteiger partial charge in [-0.3, -0.25) is 23.4 Å². The van der Waals surface area contributed by atoms with E-state index >= 15 is 0 Å². The van der Waals surface area contributed by atoms with Crippen molar-refractivity contribution >= 4 is 37.5 Å². The van der Waals surface area contributed by atoms with Gasteiger partial charge in [0.2, 0.25) is 0 Å². The number of carboxylic acids is 1. The average Bonchev–Trinajstić information content (AvgIpc) is 3.18. The first-order valence-corrected chi connectivity index (χ1v) is 24.8.